The van der Waals surface area contributed by atoms with Crippen molar-refractivity contribution in [2.75, 3.05) is 13.6 Å². The van der Waals surface area contributed by atoms with Gasteiger partial charge in [0.1, 0.15) is 5.82 Å². The quantitative estimate of drug-likeness (QED) is 0.895. The molecule has 2 rings (SSSR count). The third kappa shape index (κ3) is 3.63. The number of likely N-dealkylation sites (N-methyl/N-ethyl adjacent to an activating group) is 1. The minimum atomic E-state index is -0.169. The first-order chi connectivity index (χ1) is 9.11. The third-order valence-corrected chi connectivity index (χ3v) is 4.84. The molecule has 0 saturated carbocycles. The molecule has 0 fully saturated rings. The summed E-state index contributed by atoms with van der Waals surface area (Å²) in [4.78, 5) is 3.27. The van der Waals surface area contributed by atoms with Gasteiger partial charge >= 0.3 is 0 Å². The van der Waals surface area contributed by atoms with Crippen molar-refractivity contribution in [1.29, 1.82) is 0 Å². The highest BCUT2D eigenvalue weighted by molar-refractivity contribution is 9.10. The first-order valence-electron chi connectivity index (χ1n) is 5.99. The molecule has 0 aliphatic rings. The number of benzene rings is 1. The van der Waals surface area contributed by atoms with Gasteiger partial charge in [-0.2, -0.15) is 0 Å². The van der Waals surface area contributed by atoms with E-state index in [0.717, 1.165) is 4.47 Å². The molecule has 1 atom stereocenters. The molecule has 19 heavy (non-hydrogen) atoms. The summed E-state index contributed by atoms with van der Waals surface area (Å²) in [5.41, 5.74) is 6.56. The summed E-state index contributed by atoms with van der Waals surface area (Å²) in [5, 5.41) is 2.04. The van der Waals surface area contributed by atoms with Crippen LogP contribution in [0.2, 0.25) is 0 Å². The smallest absolute Gasteiger partial charge is 0.127 e. The van der Waals surface area contributed by atoms with Crippen molar-refractivity contribution in [2.24, 2.45) is 5.73 Å². The zero-order valence-corrected chi connectivity index (χ0v) is 13.0. The Morgan fingerprint density at radius 2 is 2.16 bits per heavy atom. The number of rotatable bonds is 5. The van der Waals surface area contributed by atoms with Crippen molar-refractivity contribution >= 4 is 27.3 Å². The van der Waals surface area contributed by atoms with E-state index >= 15 is 0 Å². The van der Waals surface area contributed by atoms with E-state index in [2.05, 4.69) is 26.9 Å². The highest BCUT2D eigenvalue weighted by atomic mass is 79.9. The summed E-state index contributed by atoms with van der Waals surface area (Å²) in [6.45, 7) is 1.06. The van der Waals surface area contributed by atoms with Crippen LogP contribution in [-0.2, 0) is 6.54 Å². The normalized spacial score (nSPS) is 12.9. The van der Waals surface area contributed by atoms with Gasteiger partial charge in [0.25, 0.3) is 0 Å². The zero-order chi connectivity index (χ0) is 13.8. The summed E-state index contributed by atoms with van der Waals surface area (Å²) in [7, 11) is 1.97. The standard InChI is InChI=1S/C14H16BrFN2S/c1-18(8-10-4-2-3-5-12(10)16)13(7-17)14-6-11(15)9-19-14/h2-6,9,13H,7-8,17H2,1H3. The molecule has 2 N–H and O–H groups in total. The van der Waals surface area contributed by atoms with Gasteiger partial charge in [0, 0.05) is 33.4 Å². The number of hydrogen-bond acceptors (Lipinski definition) is 3. The molecule has 0 saturated heterocycles. The molecule has 1 heterocycles. The van der Waals surface area contributed by atoms with Gasteiger partial charge in [-0.05, 0) is 35.1 Å². The summed E-state index contributed by atoms with van der Waals surface area (Å²) in [6.07, 6.45) is 0. The zero-order valence-electron chi connectivity index (χ0n) is 10.6. The van der Waals surface area contributed by atoms with E-state index in [-0.39, 0.29) is 11.9 Å². The molecule has 5 heteroatoms. The Labute approximate surface area is 125 Å². The second kappa shape index (κ2) is 6.61. The molecule has 1 aromatic heterocycles. The topological polar surface area (TPSA) is 29.3 Å². The van der Waals surface area contributed by atoms with Gasteiger partial charge in [-0.15, -0.1) is 11.3 Å². The summed E-state index contributed by atoms with van der Waals surface area (Å²) < 4.78 is 14.7. The van der Waals surface area contributed by atoms with E-state index in [4.69, 9.17) is 5.73 Å². The minimum Gasteiger partial charge on any atom is -0.329 e. The largest absolute Gasteiger partial charge is 0.329 e. The SMILES string of the molecule is CN(Cc1ccccc1F)C(CN)c1cc(Br)cs1. The molecule has 0 aliphatic heterocycles. The Bertz CT molecular complexity index is 544. The van der Waals surface area contributed by atoms with E-state index in [1.165, 1.54) is 10.9 Å². The average molecular weight is 343 g/mol. The third-order valence-electron chi connectivity index (χ3n) is 3.05. The van der Waals surface area contributed by atoms with Crippen LogP contribution in [0.4, 0.5) is 4.39 Å². The summed E-state index contributed by atoms with van der Waals surface area (Å²) >= 11 is 5.11. The monoisotopic (exact) mass is 342 g/mol. The Kier molecular flexibility index (Phi) is 5.10. The maximum atomic E-state index is 13.7. The lowest BCUT2D eigenvalue weighted by atomic mass is 10.1. The predicted octanol–water partition coefficient (Wildman–Crippen LogP) is 3.78. The Morgan fingerprint density at radius 1 is 1.42 bits per heavy atom. The van der Waals surface area contributed by atoms with Gasteiger partial charge in [0.2, 0.25) is 0 Å². The van der Waals surface area contributed by atoms with E-state index in [9.17, 15) is 4.39 Å². The lowest BCUT2D eigenvalue weighted by molar-refractivity contribution is 0.242. The van der Waals surface area contributed by atoms with Crippen molar-refractivity contribution in [3.8, 4) is 0 Å². The number of hydrogen-bond donors (Lipinski definition) is 1. The van der Waals surface area contributed by atoms with Crippen LogP contribution >= 0.6 is 27.3 Å². The highest BCUT2D eigenvalue weighted by Gasteiger charge is 2.18. The van der Waals surface area contributed by atoms with Crippen LogP contribution in [0, 0.1) is 5.82 Å². The van der Waals surface area contributed by atoms with Crippen LogP contribution in [0.15, 0.2) is 40.2 Å². The van der Waals surface area contributed by atoms with E-state index in [1.54, 1.807) is 17.4 Å². The molecule has 102 valence electrons. The lowest BCUT2D eigenvalue weighted by Crippen LogP contribution is -2.29. The first kappa shape index (κ1) is 14.7. The number of thiophene rings is 1. The van der Waals surface area contributed by atoms with Crippen molar-refractivity contribution in [3.05, 3.63) is 56.4 Å². The Hall–Kier alpha value is -0.750. The van der Waals surface area contributed by atoms with Crippen LogP contribution in [0.3, 0.4) is 0 Å². The van der Waals surface area contributed by atoms with E-state index in [0.29, 0.717) is 18.7 Å². The molecule has 0 amide bonds. The molecular formula is C14H16BrFN2S. The minimum absolute atomic E-state index is 0.107. The Morgan fingerprint density at radius 3 is 2.74 bits per heavy atom. The molecule has 0 aliphatic carbocycles. The van der Waals surface area contributed by atoms with E-state index in [1.807, 2.05) is 24.6 Å². The van der Waals surface area contributed by atoms with Gasteiger partial charge in [0.05, 0.1) is 6.04 Å². The second-order valence-corrected chi connectivity index (χ2v) is 6.28. The second-order valence-electron chi connectivity index (χ2n) is 4.43. The maximum absolute atomic E-state index is 13.7. The van der Waals surface area contributed by atoms with Gasteiger partial charge in [0.15, 0.2) is 0 Å². The fourth-order valence-electron chi connectivity index (χ4n) is 2.02. The van der Waals surface area contributed by atoms with Gasteiger partial charge in [-0.3, -0.25) is 4.90 Å². The van der Waals surface area contributed by atoms with E-state index < -0.39 is 0 Å². The van der Waals surface area contributed by atoms with Crippen LogP contribution in [0.25, 0.3) is 0 Å². The van der Waals surface area contributed by atoms with Crippen molar-refractivity contribution < 1.29 is 4.39 Å². The predicted molar refractivity (Wildman–Crippen MR) is 81.7 cm³/mol. The highest BCUT2D eigenvalue weighted by Crippen LogP contribution is 2.29. The molecule has 1 aromatic carbocycles. The molecule has 1 unspecified atom stereocenters. The maximum Gasteiger partial charge on any atom is 0.127 e. The summed E-state index contributed by atoms with van der Waals surface area (Å²) in [6, 6.07) is 9.03. The number of halogens is 2. The van der Waals surface area contributed by atoms with Crippen molar-refractivity contribution in [1.82, 2.24) is 4.90 Å². The number of nitrogens with two attached hydrogens (primary N) is 1. The molecule has 0 bridgehead atoms. The van der Waals surface area contributed by atoms with Crippen LogP contribution in [-0.4, -0.2) is 18.5 Å². The fraction of sp³-hybridized carbons (Fsp3) is 0.286. The van der Waals surface area contributed by atoms with Gasteiger partial charge in [-0.1, -0.05) is 18.2 Å². The molecule has 0 spiro atoms. The molecule has 2 nitrogen and oxygen atoms in total. The van der Waals surface area contributed by atoms with Crippen molar-refractivity contribution in [2.45, 2.75) is 12.6 Å². The molecular weight excluding hydrogens is 327 g/mol. The Balaban J connectivity index is 2.13. The van der Waals surface area contributed by atoms with Gasteiger partial charge < -0.3 is 5.73 Å². The van der Waals surface area contributed by atoms with Gasteiger partial charge in [-0.25, -0.2) is 4.39 Å². The van der Waals surface area contributed by atoms with Crippen LogP contribution < -0.4 is 5.73 Å². The first-order valence-corrected chi connectivity index (χ1v) is 7.66. The molecule has 2 aromatic rings. The van der Waals surface area contributed by atoms with Crippen LogP contribution in [0.5, 0.6) is 0 Å². The number of nitrogens with zero attached hydrogens (tertiary/aromatic N) is 1. The summed E-state index contributed by atoms with van der Waals surface area (Å²) in [5.74, 6) is -0.169. The molecule has 0 radical (unpaired) electrons. The fourth-order valence-corrected chi connectivity index (χ4v) is 3.65. The van der Waals surface area contributed by atoms with Crippen molar-refractivity contribution in [3.63, 3.8) is 0 Å². The lowest BCUT2D eigenvalue weighted by Gasteiger charge is -2.26. The average Bonchev–Trinajstić information content (AvgIpc) is 2.80. The van der Waals surface area contributed by atoms with Crippen LogP contribution in [0.1, 0.15) is 16.5 Å².